The molecular weight excluding hydrogens is 182 g/mol. The summed E-state index contributed by atoms with van der Waals surface area (Å²) in [5.74, 6) is 1.62. The Morgan fingerprint density at radius 3 is 2.46 bits per heavy atom. The number of hydrogen-bond donors (Lipinski definition) is 0. The minimum absolute atomic E-state index is 0.802. The number of alkyl halides is 1. The summed E-state index contributed by atoms with van der Waals surface area (Å²) < 4.78 is 0. The average molecular weight is 204 g/mol. The zero-order valence-corrected chi connectivity index (χ0v) is 9.69. The Kier molecular flexibility index (Phi) is 5.12. The molecule has 0 radical (unpaired) electrons. The highest BCUT2D eigenvalue weighted by molar-refractivity contribution is 6.17. The van der Waals surface area contributed by atoms with Crippen molar-refractivity contribution in [3.05, 3.63) is 0 Å². The lowest BCUT2D eigenvalue weighted by Crippen LogP contribution is -2.31. The Morgan fingerprint density at radius 2 is 2.00 bits per heavy atom. The van der Waals surface area contributed by atoms with Gasteiger partial charge in [-0.3, -0.25) is 0 Å². The van der Waals surface area contributed by atoms with Crippen LogP contribution in [0.25, 0.3) is 0 Å². The number of rotatable bonds is 7. The van der Waals surface area contributed by atoms with Gasteiger partial charge in [-0.25, -0.2) is 0 Å². The highest BCUT2D eigenvalue weighted by Gasteiger charge is 2.28. The van der Waals surface area contributed by atoms with Gasteiger partial charge >= 0.3 is 0 Å². The van der Waals surface area contributed by atoms with Crippen molar-refractivity contribution in [2.75, 3.05) is 19.0 Å². The summed E-state index contributed by atoms with van der Waals surface area (Å²) in [5, 5.41) is 0. The van der Waals surface area contributed by atoms with Gasteiger partial charge in [0, 0.05) is 18.5 Å². The molecule has 0 N–H and O–H groups in total. The predicted octanol–water partition coefficient (Wildman–Crippen LogP) is 3.13. The Labute approximate surface area is 87.4 Å². The molecule has 0 aromatic carbocycles. The summed E-state index contributed by atoms with van der Waals surface area (Å²) in [5.41, 5.74) is 0. The SMILES string of the molecule is CC(C)CN(CCCCCl)C1CC1. The van der Waals surface area contributed by atoms with Crippen LogP contribution in [0, 0.1) is 5.92 Å². The average Bonchev–Trinajstić information content (AvgIpc) is 2.84. The fraction of sp³-hybridized carbons (Fsp3) is 1.00. The van der Waals surface area contributed by atoms with Crippen molar-refractivity contribution in [1.82, 2.24) is 4.90 Å². The summed E-state index contributed by atoms with van der Waals surface area (Å²) >= 11 is 5.67. The van der Waals surface area contributed by atoms with E-state index in [9.17, 15) is 0 Å². The topological polar surface area (TPSA) is 3.24 Å². The second-order valence-electron chi connectivity index (χ2n) is 4.52. The van der Waals surface area contributed by atoms with E-state index in [2.05, 4.69) is 18.7 Å². The molecule has 0 aromatic rings. The van der Waals surface area contributed by atoms with E-state index in [1.54, 1.807) is 0 Å². The molecule has 0 atom stereocenters. The van der Waals surface area contributed by atoms with E-state index in [-0.39, 0.29) is 0 Å². The molecule has 0 aromatic heterocycles. The molecular formula is C11H22ClN. The van der Waals surface area contributed by atoms with E-state index in [1.165, 1.54) is 38.8 Å². The Hall–Kier alpha value is 0.250. The first-order valence-corrected chi connectivity index (χ1v) is 6.07. The van der Waals surface area contributed by atoms with Gasteiger partial charge in [0.25, 0.3) is 0 Å². The van der Waals surface area contributed by atoms with Crippen molar-refractivity contribution in [3.63, 3.8) is 0 Å². The van der Waals surface area contributed by atoms with Crippen molar-refractivity contribution in [2.45, 2.75) is 45.6 Å². The summed E-state index contributed by atoms with van der Waals surface area (Å²) in [6.45, 7) is 7.14. The summed E-state index contributed by atoms with van der Waals surface area (Å²) in [7, 11) is 0. The van der Waals surface area contributed by atoms with Gasteiger partial charge in [0.15, 0.2) is 0 Å². The lowest BCUT2D eigenvalue weighted by Gasteiger charge is -2.23. The second kappa shape index (κ2) is 5.87. The normalized spacial score (nSPS) is 17.3. The van der Waals surface area contributed by atoms with Crippen LogP contribution in [0.4, 0.5) is 0 Å². The van der Waals surface area contributed by atoms with E-state index < -0.39 is 0 Å². The molecule has 2 heteroatoms. The molecule has 1 rings (SSSR count). The van der Waals surface area contributed by atoms with Crippen LogP contribution in [0.15, 0.2) is 0 Å². The second-order valence-corrected chi connectivity index (χ2v) is 4.89. The van der Waals surface area contributed by atoms with Crippen molar-refractivity contribution in [1.29, 1.82) is 0 Å². The lowest BCUT2D eigenvalue weighted by atomic mass is 10.2. The largest absolute Gasteiger partial charge is 0.300 e. The predicted molar refractivity (Wildman–Crippen MR) is 59.4 cm³/mol. The molecule has 0 saturated heterocycles. The van der Waals surface area contributed by atoms with Crippen LogP contribution in [-0.2, 0) is 0 Å². The lowest BCUT2D eigenvalue weighted by molar-refractivity contribution is 0.231. The number of nitrogens with zero attached hydrogens (tertiary/aromatic N) is 1. The first-order chi connectivity index (χ1) is 6.24. The van der Waals surface area contributed by atoms with Gasteiger partial charge in [-0.15, -0.1) is 11.6 Å². The molecule has 1 nitrogen and oxygen atoms in total. The van der Waals surface area contributed by atoms with Crippen LogP contribution in [-0.4, -0.2) is 29.9 Å². The Bertz CT molecular complexity index is 132. The molecule has 0 bridgehead atoms. The summed E-state index contributed by atoms with van der Waals surface area (Å²) in [6, 6.07) is 0.915. The quantitative estimate of drug-likeness (QED) is 0.454. The Balaban J connectivity index is 2.13. The maximum atomic E-state index is 5.67. The third-order valence-electron chi connectivity index (χ3n) is 2.49. The minimum Gasteiger partial charge on any atom is -0.300 e. The van der Waals surface area contributed by atoms with Crippen molar-refractivity contribution in [3.8, 4) is 0 Å². The third kappa shape index (κ3) is 4.87. The maximum Gasteiger partial charge on any atom is 0.0223 e. The highest BCUT2D eigenvalue weighted by atomic mass is 35.5. The molecule has 0 spiro atoms. The van der Waals surface area contributed by atoms with E-state index in [0.29, 0.717) is 0 Å². The third-order valence-corrected chi connectivity index (χ3v) is 2.76. The standard InChI is InChI=1S/C11H22ClN/c1-10(2)9-13(11-5-6-11)8-4-3-7-12/h10-11H,3-9H2,1-2H3. The molecule has 1 aliphatic carbocycles. The zero-order valence-electron chi connectivity index (χ0n) is 8.93. The highest BCUT2D eigenvalue weighted by Crippen LogP contribution is 2.27. The minimum atomic E-state index is 0.802. The van der Waals surface area contributed by atoms with Crippen LogP contribution in [0.3, 0.4) is 0 Å². The Morgan fingerprint density at radius 1 is 1.31 bits per heavy atom. The number of hydrogen-bond acceptors (Lipinski definition) is 1. The van der Waals surface area contributed by atoms with E-state index in [4.69, 9.17) is 11.6 Å². The van der Waals surface area contributed by atoms with Gasteiger partial charge in [0.2, 0.25) is 0 Å². The fourth-order valence-corrected chi connectivity index (χ4v) is 1.93. The van der Waals surface area contributed by atoms with Crippen LogP contribution < -0.4 is 0 Å². The molecule has 0 amide bonds. The van der Waals surface area contributed by atoms with E-state index in [0.717, 1.165) is 17.8 Å². The zero-order chi connectivity index (χ0) is 9.68. The molecule has 0 aliphatic heterocycles. The van der Waals surface area contributed by atoms with Gasteiger partial charge in [-0.05, 0) is 38.1 Å². The monoisotopic (exact) mass is 203 g/mol. The van der Waals surface area contributed by atoms with Crippen molar-refractivity contribution >= 4 is 11.6 Å². The van der Waals surface area contributed by atoms with Crippen LogP contribution >= 0.6 is 11.6 Å². The number of unbranched alkanes of at least 4 members (excludes halogenated alkanes) is 1. The molecule has 78 valence electrons. The summed E-state index contributed by atoms with van der Waals surface area (Å²) in [4.78, 5) is 2.65. The molecule has 1 aliphatic rings. The van der Waals surface area contributed by atoms with Crippen LogP contribution in [0.2, 0.25) is 0 Å². The van der Waals surface area contributed by atoms with E-state index >= 15 is 0 Å². The van der Waals surface area contributed by atoms with Crippen molar-refractivity contribution in [2.24, 2.45) is 5.92 Å². The molecule has 1 saturated carbocycles. The summed E-state index contributed by atoms with van der Waals surface area (Å²) in [6.07, 6.45) is 5.29. The van der Waals surface area contributed by atoms with Crippen LogP contribution in [0.1, 0.15) is 39.5 Å². The van der Waals surface area contributed by atoms with E-state index in [1.807, 2.05) is 0 Å². The first-order valence-electron chi connectivity index (χ1n) is 5.54. The first kappa shape index (κ1) is 11.3. The molecule has 0 unspecified atom stereocenters. The van der Waals surface area contributed by atoms with Gasteiger partial charge in [-0.1, -0.05) is 13.8 Å². The molecule has 13 heavy (non-hydrogen) atoms. The van der Waals surface area contributed by atoms with Gasteiger partial charge in [0.05, 0.1) is 0 Å². The number of halogens is 1. The van der Waals surface area contributed by atoms with Gasteiger partial charge in [-0.2, -0.15) is 0 Å². The fourth-order valence-electron chi connectivity index (χ4n) is 1.74. The molecule has 1 fully saturated rings. The molecule has 0 heterocycles. The van der Waals surface area contributed by atoms with Gasteiger partial charge < -0.3 is 4.90 Å². The van der Waals surface area contributed by atoms with Crippen LogP contribution in [0.5, 0.6) is 0 Å². The smallest absolute Gasteiger partial charge is 0.0223 e. The van der Waals surface area contributed by atoms with Gasteiger partial charge in [0.1, 0.15) is 0 Å². The maximum absolute atomic E-state index is 5.67. The van der Waals surface area contributed by atoms with Crippen molar-refractivity contribution < 1.29 is 0 Å².